The molecule has 0 fully saturated rings. The Morgan fingerprint density at radius 3 is 1.73 bits per heavy atom. The van der Waals surface area contributed by atoms with Gasteiger partial charge in [-0.15, -0.1) is 34.8 Å². The molecule has 4 unspecified atom stereocenters. The van der Waals surface area contributed by atoms with Gasteiger partial charge in [-0.25, -0.2) is 0 Å². The SMILES string of the molecule is ClC1SC2=C(SC(=C3SC4=C(S3)[SH+]C(Cl)C(Cl)S4)S2)SC1Cl. The Labute approximate surface area is 182 Å². The Morgan fingerprint density at radius 1 is 0.591 bits per heavy atom. The number of alkyl halides is 4. The fourth-order valence-corrected chi connectivity index (χ4v) is 16.0. The van der Waals surface area contributed by atoms with E-state index in [1.165, 1.54) is 25.4 Å². The van der Waals surface area contributed by atoms with Gasteiger partial charge in [-0.2, -0.15) is 0 Å². The third kappa shape index (κ3) is 3.75. The van der Waals surface area contributed by atoms with E-state index in [4.69, 9.17) is 46.4 Å². The Balaban J connectivity index is 1.50. The normalized spacial score (nSPS) is 38.7. The van der Waals surface area contributed by atoms with E-state index < -0.39 is 0 Å². The first-order valence-corrected chi connectivity index (χ1v) is 14.3. The molecule has 4 rings (SSSR count). The molecule has 12 heteroatoms. The zero-order valence-corrected chi connectivity index (χ0v) is 19.8. The predicted octanol–water partition coefficient (Wildman–Crippen LogP) is 7.63. The van der Waals surface area contributed by atoms with Crippen LogP contribution in [0.2, 0.25) is 0 Å². The smallest absolute Gasteiger partial charge is 0.108 e. The molecule has 4 atom stereocenters. The largest absolute Gasteiger partial charge is 0.220 e. The van der Waals surface area contributed by atoms with Crippen LogP contribution in [0, 0.1) is 0 Å². The summed E-state index contributed by atoms with van der Waals surface area (Å²) in [5, 5.41) is 0. The molecule has 0 radical (unpaired) electrons. The molecule has 22 heavy (non-hydrogen) atoms. The van der Waals surface area contributed by atoms with E-state index in [2.05, 4.69) is 0 Å². The first kappa shape index (κ1) is 18.5. The molecule has 4 aliphatic heterocycles. The molecule has 0 amide bonds. The van der Waals surface area contributed by atoms with Crippen LogP contribution in [0.3, 0.4) is 0 Å². The van der Waals surface area contributed by atoms with Gasteiger partial charge in [0.15, 0.2) is 0 Å². The van der Waals surface area contributed by atoms with Crippen LogP contribution in [0.1, 0.15) is 0 Å². The van der Waals surface area contributed by atoms with Gasteiger partial charge in [-0.1, -0.05) is 82.2 Å². The number of hydrogen-bond donors (Lipinski definition) is 0. The average Bonchev–Trinajstić information content (AvgIpc) is 3.03. The van der Waals surface area contributed by atoms with Crippen LogP contribution in [-0.4, -0.2) is 18.8 Å². The maximum atomic E-state index is 6.28. The second-order valence-electron chi connectivity index (χ2n) is 4.06. The summed E-state index contributed by atoms with van der Waals surface area (Å²) in [5.41, 5.74) is 0. The lowest BCUT2D eigenvalue weighted by Crippen LogP contribution is -2.17. The topological polar surface area (TPSA) is 0 Å². The molecular formula is C10H5Cl4S8+. The van der Waals surface area contributed by atoms with Crippen molar-refractivity contribution in [3.63, 3.8) is 0 Å². The summed E-state index contributed by atoms with van der Waals surface area (Å²) in [7, 11) is 0. The van der Waals surface area contributed by atoms with Gasteiger partial charge in [0.1, 0.15) is 18.4 Å². The van der Waals surface area contributed by atoms with Crippen molar-refractivity contribution in [3.05, 3.63) is 25.4 Å². The van der Waals surface area contributed by atoms with Gasteiger partial charge in [-0.3, -0.25) is 0 Å². The summed E-state index contributed by atoms with van der Waals surface area (Å²) in [4.78, 5) is 0. The van der Waals surface area contributed by atoms with Crippen LogP contribution in [0.15, 0.2) is 25.4 Å². The Kier molecular flexibility index (Phi) is 6.46. The Hall–Kier alpha value is 3.18. The fraction of sp³-hybridized carbons (Fsp3) is 0.400. The van der Waals surface area contributed by atoms with Gasteiger partial charge >= 0.3 is 0 Å². The van der Waals surface area contributed by atoms with Crippen molar-refractivity contribution in [2.24, 2.45) is 0 Å². The van der Waals surface area contributed by atoms with Crippen molar-refractivity contribution >= 4 is 140 Å². The van der Waals surface area contributed by atoms with E-state index >= 15 is 0 Å². The van der Waals surface area contributed by atoms with Gasteiger partial charge in [0, 0.05) is 11.8 Å². The molecule has 0 spiro atoms. The minimum Gasteiger partial charge on any atom is -0.108 e. The van der Waals surface area contributed by atoms with E-state index in [-0.39, 0.29) is 18.8 Å². The summed E-state index contributed by atoms with van der Waals surface area (Å²) in [6.07, 6.45) is 0. The lowest BCUT2D eigenvalue weighted by Gasteiger charge is -2.20. The summed E-state index contributed by atoms with van der Waals surface area (Å²) in [5.74, 6) is 0. The van der Waals surface area contributed by atoms with Crippen LogP contribution in [0.25, 0.3) is 0 Å². The standard InChI is InChI=1S/C10H4Cl4S8/c11-1-2(12)16-6-5(15-1)19-9(20-6)10-21-7-8(22-10)18-4(14)3(13)17-7/h1-4H/p+1. The number of rotatable bonds is 0. The molecule has 4 aliphatic rings. The van der Waals surface area contributed by atoms with Gasteiger partial charge in [0.05, 0.1) is 16.9 Å². The van der Waals surface area contributed by atoms with Crippen molar-refractivity contribution in [1.82, 2.24) is 0 Å². The number of hydrogen-bond acceptors (Lipinski definition) is 7. The zero-order chi connectivity index (χ0) is 15.4. The van der Waals surface area contributed by atoms with Crippen LogP contribution in [0.5, 0.6) is 0 Å². The Morgan fingerprint density at radius 2 is 1.09 bits per heavy atom. The van der Waals surface area contributed by atoms with E-state index in [0.29, 0.717) is 0 Å². The quantitative estimate of drug-likeness (QED) is 0.180. The highest BCUT2D eigenvalue weighted by atomic mass is 35.5. The lowest BCUT2D eigenvalue weighted by atomic mass is 10.9. The highest BCUT2D eigenvalue weighted by molar-refractivity contribution is 8.45. The van der Waals surface area contributed by atoms with Crippen molar-refractivity contribution in [2.75, 3.05) is 0 Å². The van der Waals surface area contributed by atoms with Crippen molar-refractivity contribution < 1.29 is 0 Å². The fourth-order valence-electron chi connectivity index (χ4n) is 1.66. The van der Waals surface area contributed by atoms with Gasteiger partial charge in [-0.05, 0) is 11.8 Å². The molecule has 120 valence electrons. The van der Waals surface area contributed by atoms with Crippen LogP contribution in [0.4, 0.5) is 0 Å². The van der Waals surface area contributed by atoms with E-state index in [0.717, 1.165) is 11.8 Å². The summed E-state index contributed by atoms with van der Waals surface area (Å²) in [6, 6.07) is 0. The molecule has 0 bridgehead atoms. The second kappa shape index (κ2) is 7.66. The van der Waals surface area contributed by atoms with Crippen molar-refractivity contribution in [3.8, 4) is 0 Å². The summed E-state index contributed by atoms with van der Waals surface area (Å²) < 4.78 is 7.69. The molecule has 0 nitrogen and oxygen atoms in total. The third-order valence-corrected chi connectivity index (χ3v) is 17.6. The first-order valence-electron chi connectivity index (χ1n) is 5.72. The number of halogens is 4. The van der Waals surface area contributed by atoms with Gasteiger partial charge in [0.25, 0.3) is 0 Å². The van der Waals surface area contributed by atoms with Gasteiger partial charge < -0.3 is 0 Å². The highest BCUT2D eigenvalue weighted by Crippen LogP contribution is 2.69. The van der Waals surface area contributed by atoms with Crippen LogP contribution >= 0.6 is 129 Å². The maximum Gasteiger partial charge on any atom is 0.220 e. The highest BCUT2D eigenvalue weighted by Gasteiger charge is 2.43. The van der Waals surface area contributed by atoms with E-state index in [9.17, 15) is 0 Å². The zero-order valence-electron chi connectivity index (χ0n) is 10.1. The van der Waals surface area contributed by atoms with Crippen LogP contribution in [-0.2, 0) is 11.8 Å². The minimum atomic E-state index is -0.0684. The molecule has 0 aromatic heterocycles. The molecule has 0 aromatic rings. The molecule has 0 aliphatic carbocycles. The molecule has 4 heterocycles. The maximum absolute atomic E-state index is 6.28. The molecular weight excluding hydrogens is 518 g/mol. The van der Waals surface area contributed by atoms with Crippen molar-refractivity contribution in [1.29, 1.82) is 0 Å². The molecule has 0 aromatic carbocycles. The second-order valence-corrected chi connectivity index (χ2v) is 17.4. The molecule has 0 saturated heterocycles. The monoisotopic (exact) mass is 521 g/mol. The summed E-state index contributed by atoms with van der Waals surface area (Å²) >= 11 is 38.5. The third-order valence-electron chi connectivity index (χ3n) is 2.58. The van der Waals surface area contributed by atoms with Crippen molar-refractivity contribution in [2.45, 2.75) is 18.8 Å². The lowest BCUT2D eigenvalue weighted by molar-refractivity contribution is 1.33. The predicted molar refractivity (Wildman–Crippen MR) is 122 cm³/mol. The number of thiol groups is 1. The van der Waals surface area contributed by atoms with Crippen LogP contribution < -0.4 is 0 Å². The minimum absolute atomic E-state index is 0.0156. The van der Waals surface area contributed by atoms with E-state index in [1.807, 2.05) is 47.0 Å². The summed E-state index contributed by atoms with van der Waals surface area (Å²) in [6.45, 7) is 0. The Bertz CT molecular complexity index is 516. The first-order chi connectivity index (χ1) is 10.5. The molecule has 0 N–H and O–H groups in total. The number of thioether (sulfide) groups is 7. The van der Waals surface area contributed by atoms with Gasteiger partial charge in [0.2, 0.25) is 8.95 Å². The molecule has 0 saturated carbocycles. The van der Waals surface area contributed by atoms with E-state index in [1.54, 1.807) is 35.3 Å². The average molecular weight is 523 g/mol.